The fourth-order valence-corrected chi connectivity index (χ4v) is 3.93. The average Bonchev–Trinajstić information content (AvgIpc) is 2.99. The molecule has 0 spiro atoms. The van der Waals surface area contributed by atoms with E-state index in [0.717, 1.165) is 29.1 Å². The van der Waals surface area contributed by atoms with E-state index >= 15 is 0 Å². The van der Waals surface area contributed by atoms with Gasteiger partial charge in [0.05, 0.1) is 0 Å². The molecule has 2 aliphatic heterocycles. The molecule has 4 heterocycles. The van der Waals surface area contributed by atoms with Gasteiger partial charge >= 0.3 is 0 Å². The van der Waals surface area contributed by atoms with Crippen molar-refractivity contribution in [3.05, 3.63) is 34.7 Å². The number of carbonyl (C=O) groups excluding carboxylic acids is 1. The number of halogens is 1. The van der Waals surface area contributed by atoms with Gasteiger partial charge in [0.15, 0.2) is 0 Å². The van der Waals surface area contributed by atoms with Gasteiger partial charge in [0.25, 0.3) is 5.91 Å². The number of imidazole rings is 1. The van der Waals surface area contributed by atoms with Crippen molar-refractivity contribution < 1.29 is 4.79 Å². The summed E-state index contributed by atoms with van der Waals surface area (Å²) < 4.78 is 2.67. The molecule has 5 nitrogen and oxygen atoms in total. The number of pyridine rings is 1. The van der Waals surface area contributed by atoms with E-state index in [0.29, 0.717) is 5.56 Å². The number of amides is 1. The first-order valence-electron chi connectivity index (χ1n) is 7.35. The summed E-state index contributed by atoms with van der Waals surface area (Å²) in [6.07, 6.45) is 6.14. The lowest BCUT2D eigenvalue weighted by atomic mass is 9.96. The van der Waals surface area contributed by atoms with Crippen LogP contribution >= 0.6 is 15.9 Å². The number of carbonyl (C=O) groups is 1. The normalized spacial score (nSPS) is 28.0. The third-order valence-corrected chi connectivity index (χ3v) is 4.88. The SMILES string of the molecule is O=C(N[C@@H]1C[C@@H]2CCN(C2)C1)c1ccn2cc(Br)nc2c1. The minimum absolute atomic E-state index is 0.00382. The van der Waals surface area contributed by atoms with Crippen LogP contribution in [-0.2, 0) is 0 Å². The van der Waals surface area contributed by atoms with Crippen LogP contribution in [0.1, 0.15) is 23.2 Å². The summed E-state index contributed by atoms with van der Waals surface area (Å²) in [4.78, 5) is 19.2. The Balaban J connectivity index is 1.50. The van der Waals surface area contributed by atoms with Crippen molar-refractivity contribution in [3.8, 4) is 0 Å². The van der Waals surface area contributed by atoms with E-state index in [9.17, 15) is 4.79 Å². The van der Waals surface area contributed by atoms with E-state index in [1.54, 1.807) is 0 Å². The summed E-state index contributed by atoms with van der Waals surface area (Å²) >= 11 is 3.35. The molecule has 6 heteroatoms. The molecule has 2 saturated heterocycles. The van der Waals surface area contributed by atoms with Gasteiger partial charge in [-0.15, -0.1) is 0 Å². The molecule has 110 valence electrons. The number of aromatic nitrogens is 2. The predicted octanol–water partition coefficient (Wildman–Crippen LogP) is 1.92. The van der Waals surface area contributed by atoms with Gasteiger partial charge in [-0.25, -0.2) is 4.98 Å². The Morgan fingerprint density at radius 2 is 2.33 bits per heavy atom. The highest BCUT2D eigenvalue weighted by Gasteiger charge is 2.32. The minimum Gasteiger partial charge on any atom is -0.348 e. The maximum Gasteiger partial charge on any atom is 0.251 e. The van der Waals surface area contributed by atoms with Crippen LogP contribution in [0.3, 0.4) is 0 Å². The minimum atomic E-state index is 0.00382. The summed E-state index contributed by atoms with van der Waals surface area (Å²) in [7, 11) is 0. The molecule has 3 atom stereocenters. The molecular weight excluding hydrogens is 332 g/mol. The van der Waals surface area contributed by atoms with E-state index in [2.05, 4.69) is 31.1 Å². The summed E-state index contributed by atoms with van der Waals surface area (Å²) in [6, 6.07) is 3.95. The van der Waals surface area contributed by atoms with Crippen molar-refractivity contribution in [3.63, 3.8) is 0 Å². The summed E-state index contributed by atoms with van der Waals surface area (Å²) in [5, 5.41) is 3.18. The molecule has 0 radical (unpaired) electrons. The van der Waals surface area contributed by atoms with Crippen LogP contribution < -0.4 is 5.32 Å². The van der Waals surface area contributed by atoms with Gasteiger partial charge in [0.2, 0.25) is 0 Å². The number of nitrogens with one attached hydrogen (secondary N) is 1. The lowest BCUT2D eigenvalue weighted by Gasteiger charge is -2.30. The predicted molar refractivity (Wildman–Crippen MR) is 83.3 cm³/mol. The Labute approximate surface area is 131 Å². The van der Waals surface area contributed by atoms with Crippen molar-refractivity contribution in [1.82, 2.24) is 19.6 Å². The first kappa shape index (κ1) is 13.3. The Bertz CT molecular complexity index is 686. The van der Waals surface area contributed by atoms with E-state index in [1.165, 1.54) is 19.5 Å². The number of fused-ring (bicyclic) bond motifs is 3. The maximum atomic E-state index is 12.4. The molecule has 2 aromatic rings. The Hall–Kier alpha value is -1.40. The van der Waals surface area contributed by atoms with Gasteiger partial charge in [-0.3, -0.25) is 4.79 Å². The molecule has 1 N–H and O–H groups in total. The van der Waals surface area contributed by atoms with Crippen LogP contribution in [0.25, 0.3) is 5.65 Å². The second kappa shape index (κ2) is 5.10. The number of rotatable bonds is 2. The number of hydrogen-bond acceptors (Lipinski definition) is 3. The van der Waals surface area contributed by atoms with Crippen molar-refractivity contribution in [2.75, 3.05) is 19.6 Å². The van der Waals surface area contributed by atoms with Gasteiger partial charge in [0, 0.05) is 37.1 Å². The zero-order chi connectivity index (χ0) is 14.4. The van der Waals surface area contributed by atoms with Crippen LogP contribution in [0.5, 0.6) is 0 Å². The fraction of sp³-hybridized carbons (Fsp3) is 0.467. The third-order valence-electron chi connectivity index (χ3n) is 4.49. The molecule has 1 unspecified atom stereocenters. The molecule has 2 aliphatic rings. The van der Waals surface area contributed by atoms with Gasteiger partial charge < -0.3 is 14.6 Å². The topological polar surface area (TPSA) is 49.6 Å². The zero-order valence-corrected chi connectivity index (χ0v) is 13.2. The molecule has 2 fully saturated rings. The summed E-state index contributed by atoms with van der Waals surface area (Å²) in [5.41, 5.74) is 1.45. The molecular formula is C15H17BrN4O. The lowest BCUT2D eigenvalue weighted by molar-refractivity contribution is 0.0909. The third kappa shape index (κ3) is 2.58. The van der Waals surface area contributed by atoms with E-state index < -0.39 is 0 Å². The second-order valence-corrected chi connectivity index (χ2v) is 6.88. The van der Waals surface area contributed by atoms with E-state index in [4.69, 9.17) is 0 Å². The fourth-order valence-electron chi connectivity index (χ4n) is 3.53. The average molecular weight is 349 g/mol. The van der Waals surface area contributed by atoms with Crippen LogP contribution in [-0.4, -0.2) is 45.9 Å². The maximum absolute atomic E-state index is 12.4. The van der Waals surface area contributed by atoms with Crippen LogP contribution in [0.4, 0.5) is 0 Å². The first-order valence-corrected chi connectivity index (χ1v) is 8.14. The van der Waals surface area contributed by atoms with Crippen molar-refractivity contribution in [2.24, 2.45) is 5.92 Å². The quantitative estimate of drug-likeness (QED) is 0.901. The zero-order valence-electron chi connectivity index (χ0n) is 11.6. The van der Waals surface area contributed by atoms with Crippen LogP contribution in [0, 0.1) is 5.92 Å². The summed E-state index contributed by atoms with van der Waals surface area (Å²) in [6.45, 7) is 3.38. The molecule has 0 saturated carbocycles. The lowest BCUT2D eigenvalue weighted by Crippen LogP contribution is -2.47. The van der Waals surface area contributed by atoms with E-state index in [1.807, 2.05) is 28.9 Å². The smallest absolute Gasteiger partial charge is 0.251 e. The van der Waals surface area contributed by atoms with E-state index in [-0.39, 0.29) is 11.9 Å². The van der Waals surface area contributed by atoms with Crippen LogP contribution in [0.15, 0.2) is 29.1 Å². The number of nitrogens with zero attached hydrogens (tertiary/aromatic N) is 3. The molecule has 0 aliphatic carbocycles. The second-order valence-electron chi connectivity index (χ2n) is 6.06. The molecule has 2 aromatic heterocycles. The number of hydrogen-bond donors (Lipinski definition) is 1. The largest absolute Gasteiger partial charge is 0.348 e. The highest BCUT2D eigenvalue weighted by atomic mass is 79.9. The van der Waals surface area contributed by atoms with Gasteiger partial charge in [-0.2, -0.15) is 0 Å². The molecule has 1 amide bonds. The highest BCUT2D eigenvalue weighted by Crippen LogP contribution is 2.26. The van der Waals surface area contributed by atoms with Crippen LogP contribution in [0.2, 0.25) is 0 Å². The standard InChI is InChI=1S/C15H17BrN4O/c16-13-9-20-4-2-11(6-14(20)18-13)15(21)17-12-5-10-1-3-19(7-10)8-12/h2,4,6,9-10,12H,1,3,5,7-8H2,(H,17,21)/t10-,12+/m0/s1. The number of piperidine rings is 1. The molecule has 21 heavy (non-hydrogen) atoms. The molecule has 4 rings (SSSR count). The van der Waals surface area contributed by atoms with Crippen molar-refractivity contribution in [1.29, 1.82) is 0 Å². The van der Waals surface area contributed by atoms with Gasteiger partial charge in [-0.05, 0) is 53.4 Å². The molecule has 2 bridgehead atoms. The van der Waals surface area contributed by atoms with Crippen molar-refractivity contribution in [2.45, 2.75) is 18.9 Å². The van der Waals surface area contributed by atoms with Gasteiger partial charge in [-0.1, -0.05) is 0 Å². The first-order chi connectivity index (χ1) is 10.2. The highest BCUT2D eigenvalue weighted by molar-refractivity contribution is 9.10. The Kier molecular flexibility index (Phi) is 3.23. The van der Waals surface area contributed by atoms with Gasteiger partial charge in [0.1, 0.15) is 10.3 Å². The Morgan fingerprint density at radius 3 is 3.19 bits per heavy atom. The monoisotopic (exact) mass is 348 g/mol. The van der Waals surface area contributed by atoms with Crippen molar-refractivity contribution >= 4 is 27.5 Å². The Morgan fingerprint density at radius 1 is 1.43 bits per heavy atom. The molecule has 0 aromatic carbocycles. The summed E-state index contributed by atoms with van der Waals surface area (Å²) in [5.74, 6) is 0.763.